The predicted octanol–water partition coefficient (Wildman–Crippen LogP) is 1.02. The number of carbonyl (C=O) groups excluding carboxylic acids is 1. The van der Waals surface area contributed by atoms with Crippen molar-refractivity contribution in [2.24, 2.45) is 5.92 Å². The molecule has 1 amide bonds. The summed E-state index contributed by atoms with van der Waals surface area (Å²) in [5.41, 5.74) is 0. The number of hydrogen-bond donors (Lipinski definition) is 0. The minimum absolute atomic E-state index is 0.00453. The van der Waals surface area contributed by atoms with Crippen molar-refractivity contribution in [3.05, 3.63) is 12.4 Å². The van der Waals surface area contributed by atoms with Crippen molar-refractivity contribution in [3.63, 3.8) is 0 Å². The fourth-order valence-corrected chi connectivity index (χ4v) is 3.89. The maximum Gasteiger partial charge on any atom is 0.248 e. The number of nitrogens with zero attached hydrogens (tertiary/aromatic N) is 4. The number of ether oxygens (including phenoxy) is 2. The van der Waals surface area contributed by atoms with Gasteiger partial charge in [-0.2, -0.15) is 0 Å². The lowest BCUT2D eigenvalue weighted by Crippen LogP contribution is -2.37. The minimum atomic E-state index is -0.00453. The number of anilines is 1. The van der Waals surface area contributed by atoms with E-state index >= 15 is 0 Å². The van der Waals surface area contributed by atoms with E-state index in [0.29, 0.717) is 31.4 Å². The van der Waals surface area contributed by atoms with Crippen LogP contribution in [0.2, 0.25) is 0 Å². The van der Waals surface area contributed by atoms with E-state index < -0.39 is 0 Å². The number of hydrogen-bond acceptors (Lipinski definition) is 7. The largest absolute Gasteiger partial charge is 0.481 e. The Hall–Kier alpha value is -1.93. The summed E-state index contributed by atoms with van der Waals surface area (Å²) in [5, 5.41) is 1.51. The number of carbonyl (C=O) groups is 1. The maximum atomic E-state index is 12.3. The number of fused-ring (bicyclic) bond motifs is 1. The van der Waals surface area contributed by atoms with Gasteiger partial charge >= 0.3 is 0 Å². The van der Waals surface area contributed by atoms with Crippen LogP contribution < -0.4 is 9.64 Å². The third-order valence-electron chi connectivity index (χ3n) is 5.16. The van der Waals surface area contributed by atoms with Crippen molar-refractivity contribution in [3.8, 4) is 5.88 Å². The minimum Gasteiger partial charge on any atom is -0.481 e. The monoisotopic (exact) mass is 348 g/mol. The summed E-state index contributed by atoms with van der Waals surface area (Å²) < 4.78 is 11.3. The molecule has 8 heteroatoms. The molecule has 0 radical (unpaired) electrons. The molecular weight excluding hydrogens is 324 g/mol. The van der Waals surface area contributed by atoms with Gasteiger partial charge in [0.1, 0.15) is 12.1 Å². The normalized spacial score (nSPS) is 28.9. The van der Waals surface area contributed by atoms with E-state index in [9.17, 15) is 4.79 Å². The Kier molecular flexibility index (Phi) is 4.72. The van der Waals surface area contributed by atoms with E-state index in [-0.39, 0.29) is 18.1 Å². The quantitative estimate of drug-likeness (QED) is 0.804. The van der Waals surface area contributed by atoms with Crippen LogP contribution in [0.3, 0.4) is 0 Å². The van der Waals surface area contributed by atoms with Gasteiger partial charge in [0.25, 0.3) is 0 Å². The Morgan fingerprint density at radius 2 is 2.28 bits per heavy atom. The SMILES string of the molecule is COc1cc(N2C[C@@H]3C[C@@H](CC(=O)N4CCCCO4)O[C@@H]3C2)ncn1. The first-order chi connectivity index (χ1) is 12.2. The summed E-state index contributed by atoms with van der Waals surface area (Å²) in [6.45, 7) is 3.01. The van der Waals surface area contributed by atoms with Crippen LogP contribution in [-0.2, 0) is 14.4 Å². The molecule has 0 spiro atoms. The molecule has 3 atom stereocenters. The first-order valence-electron chi connectivity index (χ1n) is 8.92. The van der Waals surface area contributed by atoms with Gasteiger partial charge in [-0.15, -0.1) is 0 Å². The zero-order valence-electron chi connectivity index (χ0n) is 14.5. The number of rotatable bonds is 4. The molecule has 0 unspecified atom stereocenters. The number of methoxy groups -OCH3 is 1. The van der Waals surface area contributed by atoms with Crippen LogP contribution in [0.15, 0.2) is 12.4 Å². The summed E-state index contributed by atoms with van der Waals surface area (Å²) in [7, 11) is 1.60. The standard InChI is InChI=1S/C17H24N4O4/c1-23-16-8-15(18-11-19-16)20-9-12-6-13(25-14(12)10-20)7-17(22)21-4-2-3-5-24-21/h8,11-14H,2-7,9-10H2,1H3/t12-,13-,14+/m0/s1. The number of aromatic nitrogens is 2. The summed E-state index contributed by atoms with van der Waals surface area (Å²) in [5.74, 6) is 1.90. The molecule has 1 aromatic heterocycles. The van der Waals surface area contributed by atoms with Crippen LogP contribution in [0.25, 0.3) is 0 Å². The second kappa shape index (κ2) is 7.13. The average molecular weight is 348 g/mol. The van der Waals surface area contributed by atoms with Gasteiger partial charge in [-0.1, -0.05) is 0 Å². The molecule has 0 aliphatic carbocycles. The molecule has 0 saturated carbocycles. The van der Waals surface area contributed by atoms with Gasteiger partial charge in [0, 0.05) is 31.6 Å². The first-order valence-corrected chi connectivity index (χ1v) is 8.92. The Labute approximate surface area is 147 Å². The molecule has 4 rings (SSSR count). The van der Waals surface area contributed by atoms with Gasteiger partial charge in [-0.25, -0.2) is 15.0 Å². The second-order valence-corrected chi connectivity index (χ2v) is 6.86. The van der Waals surface area contributed by atoms with Crippen molar-refractivity contribution >= 4 is 11.7 Å². The molecule has 8 nitrogen and oxygen atoms in total. The maximum absolute atomic E-state index is 12.3. The lowest BCUT2D eigenvalue weighted by molar-refractivity contribution is -0.199. The zero-order chi connectivity index (χ0) is 17.2. The summed E-state index contributed by atoms with van der Waals surface area (Å²) in [6.07, 6.45) is 5.02. The fourth-order valence-electron chi connectivity index (χ4n) is 3.89. The van der Waals surface area contributed by atoms with Gasteiger partial charge in [0.05, 0.1) is 32.3 Å². The van der Waals surface area contributed by atoms with Crippen molar-refractivity contribution in [2.75, 3.05) is 38.3 Å². The summed E-state index contributed by atoms with van der Waals surface area (Å²) >= 11 is 0. The number of amides is 1. The highest BCUT2D eigenvalue weighted by molar-refractivity contribution is 5.75. The molecule has 3 fully saturated rings. The van der Waals surface area contributed by atoms with Crippen LogP contribution in [0.5, 0.6) is 5.88 Å². The molecule has 0 aromatic carbocycles. The summed E-state index contributed by atoms with van der Waals surface area (Å²) in [6, 6.07) is 1.84. The van der Waals surface area contributed by atoms with Gasteiger partial charge in [0.2, 0.25) is 11.8 Å². The van der Waals surface area contributed by atoms with Gasteiger partial charge in [0.15, 0.2) is 0 Å². The molecule has 0 bridgehead atoms. The van der Waals surface area contributed by atoms with Crippen LogP contribution >= 0.6 is 0 Å². The zero-order valence-corrected chi connectivity index (χ0v) is 14.5. The predicted molar refractivity (Wildman–Crippen MR) is 89.1 cm³/mol. The first kappa shape index (κ1) is 16.5. The van der Waals surface area contributed by atoms with Crippen LogP contribution in [-0.4, -0.2) is 66.5 Å². The Morgan fingerprint density at radius 3 is 3.04 bits per heavy atom. The topological polar surface area (TPSA) is 77.0 Å². The third kappa shape index (κ3) is 3.55. The van der Waals surface area contributed by atoms with Crippen LogP contribution in [0.4, 0.5) is 5.82 Å². The van der Waals surface area contributed by atoms with Crippen molar-refractivity contribution in [1.29, 1.82) is 0 Å². The molecular formula is C17H24N4O4. The second-order valence-electron chi connectivity index (χ2n) is 6.86. The van der Waals surface area contributed by atoms with E-state index in [4.69, 9.17) is 14.3 Å². The third-order valence-corrected chi connectivity index (χ3v) is 5.16. The van der Waals surface area contributed by atoms with Crippen molar-refractivity contribution in [2.45, 2.75) is 37.9 Å². The average Bonchev–Trinajstić information content (AvgIpc) is 3.21. The van der Waals surface area contributed by atoms with E-state index in [1.165, 1.54) is 11.4 Å². The van der Waals surface area contributed by atoms with E-state index in [2.05, 4.69) is 14.9 Å². The summed E-state index contributed by atoms with van der Waals surface area (Å²) in [4.78, 5) is 28.3. The van der Waals surface area contributed by atoms with E-state index in [0.717, 1.165) is 38.2 Å². The molecule has 136 valence electrons. The van der Waals surface area contributed by atoms with Crippen LogP contribution in [0.1, 0.15) is 25.7 Å². The van der Waals surface area contributed by atoms with E-state index in [1.807, 2.05) is 6.07 Å². The smallest absolute Gasteiger partial charge is 0.248 e. The molecule has 3 aliphatic heterocycles. The molecule has 4 heterocycles. The highest BCUT2D eigenvalue weighted by Gasteiger charge is 2.43. The fraction of sp³-hybridized carbons (Fsp3) is 0.706. The van der Waals surface area contributed by atoms with Crippen molar-refractivity contribution in [1.82, 2.24) is 15.0 Å². The molecule has 3 saturated heterocycles. The van der Waals surface area contributed by atoms with Gasteiger partial charge in [-0.05, 0) is 19.3 Å². The highest BCUT2D eigenvalue weighted by atomic mass is 16.7. The lowest BCUT2D eigenvalue weighted by Gasteiger charge is -2.27. The van der Waals surface area contributed by atoms with E-state index in [1.54, 1.807) is 7.11 Å². The van der Waals surface area contributed by atoms with Crippen LogP contribution in [0, 0.1) is 5.92 Å². The van der Waals surface area contributed by atoms with Gasteiger partial charge < -0.3 is 14.4 Å². The highest BCUT2D eigenvalue weighted by Crippen LogP contribution is 2.36. The molecule has 1 aromatic rings. The van der Waals surface area contributed by atoms with Gasteiger partial charge in [-0.3, -0.25) is 9.63 Å². The molecule has 25 heavy (non-hydrogen) atoms. The Bertz CT molecular complexity index is 608. The molecule has 0 N–H and O–H groups in total. The molecule has 3 aliphatic rings. The Balaban J connectivity index is 1.30. The lowest BCUT2D eigenvalue weighted by atomic mass is 10.0. The Morgan fingerprint density at radius 1 is 1.36 bits per heavy atom. The number of hydroxylamine groups is 2. The van der Waals surface area contributed by atoms with Crippen molar-refractivity contribution < 1.29 is 19.1 Å².